The van der Waals surface area contributed by atoms with Crippen LogP contribution >= 0.6 is 0 Å². The summed E-state index contributed by atoms with van der Waals surface area (Å²) >= 11 is 0. The van der Waals surface area contributed by atoms with Crippen LogP contribution in [0.5, 0.6) is 0 Å². The van der Waals surface area contributed by atoms with Gasteiger partial charge in [-0.3, -0.25) is 4.79 Å². The van der Waals surface area contributed by atoms with Crippen LogP contribution in [0.4, 0.5) is 0 Å². The SMILES string of the molecule is Cc1ccc(C(=O)NC(CN)c2ccccc2)c(C)c1. The first kappa shape index (κ1) is 14.3. The Balaban J connectivity index is 2.17. The number of rotatable bonds is 4. The van der Waals surface area contributed by atoms with Gasteiger partial charge in [0.15, 0.2) is 0 Å². The van der Waals surface area contributed by atoms with E-state index in [2.05, 4.69) is 5.32 Å². The smallest absolute Gasteiger partial charge is 0.252 e. The normalized spacial score (nSPS) is 11.9. The Bertz CT molecular complexity index is 593. The Kier molecular flexibility index (Phi) is 4.53. The molecule has 0 aliphatic carbocycles. The topological polar surface area (TPSA) is 55.1 Å². The van der Waals surface area contributed by atoms with Crippen molar-refractivity contribution in [2.45, 2.75) is 19.9 Å². The van der Waals surface area contributed by atoms with Gasteiger partial charge in [0.2, 0.25) is 0 Å². The fraction of sp³-hybridized carbons (Fsp3) is 0.235. The van der Waals surface area contributed by atoms with Crippen molar-refractivity contribution in [2.75, 3.05) is 6.54 Å². The number of carbonyl (C=O) groups excluding carboxylic acids is 1. The van der Waals surface area contributed by atoms with Crippen molar-refractivity contribution in [1.82, 2.24) is 5.32 Å². The van der Waals surface area contributed by atoms with Crippen LogP contribution < -0.4 is 11.1 Å². The van der Waals surface area contributed by atoms with Crippen LogP contribution in [0.15, 0.2) is 48.5 Å². The van der Waals surface area contributed by atoms with Crippen LogP contribution in [0.1, 0.15) is 33.1 Å². The molecule has 1 atom stereocenters. The summed E-state index contributed by atoms with van der Waals surface area (Å²) < 4.78 is 0. The molecule has 3 nitrogen and oxygen atoms in total. The van der Waals surface area contributed by atoms with E-state index < -0.39 is 0 Å². The van der Waals surface area contributed by atoms with Crippen LogP contribution in [0.2, 0.25) is 0 Å². The Morgan fingerprint density at radius 1 is 1.15 bits per heavy atom. The zero-order valence-electron chi connectivity index (χ0n) is 11.9. The number of benzene rings is 2. The van der Waals surface area contributed by atoms with Crippen LogP contribution in [0, 0.1) is 13.8 Å². The van der Waals surface area contributed by atoms with Gasteiger partial charge in [-0.1, -0.05) is 48.0 Å². The molecule has 0 saturated carbocycles. The van der Waals surface area contributed by atoms with Crippen molar-refractivity contribution >= 4 is 5.91 Å². The van der Waals surface area contributed by atoms with E-state index in [0.29, 0.717) is 12.1 Å². The lowest BCUT2D eigenvalue weighted by Crippen LogP contribution is -2.33. The molecule has 2 aromatic rings. The lowest BCUT2D eigenvalue weighted by atomic mass is 10.0. The van der Waals surface area contributed by atoms with Gasteiger partial charge in [0, 0.05) is 12.1 Å². The number of carbonyl (C=O) groups is 1. The van der Waals surface area contributed by atoms with Gasteiger partial charge in [-0.2, -0.15) is 0 Å². The zero-order valence-corrected chi connectivity index (χ0v) is 11.9. The minimum Gasteiger partial charge on any atom is -0.344 e. The van der Waals surface area contributed by atoms with E-state index in [-0.39, 0.29) is 11.9 Å². The summed E-state index contributed by atoms with van der Waals surface area (Å²) in [6.07, 6.45) is 0. The van der Waals surface area contributed by atoms with E-state index in [1.54, 1.807) is 0 Å². The molecule has 0 aliphatic rings. The second-order valence-corrected chi connectivity index (χ2v) is 4.99. The first-order valence-corrected chi connectivity index (χ1v) is 6.75. The number of aryl methyl sites for hydroxylation is 2. The van der Waals surface area contributed by atoms with Crippen LogP contribution in [-0.4, -0.2) is 12.5 Å². The molecular formula is C17H20N2O. The number of nitrogens with one attached hydrogen (secondary N) is 1. The van der Waals surface area contributed by atoms with E-state index in [9.17, 15) is 4.79 Å². The molecule has 0 bridgehead atoms. The first-order valence-electron chi connectivity index (χ1n) is 6.75. The van der Waals surface area contributed by atoms with Crippen molar-refractivity contribution < 1.29 is 4.79 Å². The lowest BCUT2D eigenvalue weighted by Gasteiger charge is -2.18. The maximum absolute atomic E-state index is 12.4. The molecule has 3 N–H and O–H groups in total. The minimum absolute atomic E-state index is 0.0817. The van der Waals surface area contributed by atoms with Gasteiger partial charge in [-0.05, 0) is 31.0 Å². The Labute approximate surface area is 119 Å². The molecule has 2 rings (SSSR count). The fourth-order valence-electron chi connectivity index (χ4n) is 2.27. The fourth-order valence-corrected chi connectivity index (χ4v) is 2.27. The highest BCUT2D eigenvalue weighted by molar-refractivity contribution is 5.95. The molecule has 0 fully saturated rings. The van der Waals surface area contributed by atoms with Crippen molar-refractivity contribution in [3.8, 4) is 0 Å². The molecule has 0 aliphatic heterocycles. The van der Waals surface area contributed by atoms with Gasteiger partial charge >= 0.3 is 0 Å². The van der Waals surface area contributed by atoms with Gasteiger partial charge in [0.1, 0.15) is 0 Å². The van der Waals surface area contributed by atoms with Crippen LogP contribution in [0.3, 0.4) is 0 Å². The van der Waals surface area contributed by atoms with Crippen molar-refractivity contribution in [2.24, 2.45) is 5.73 Å². The molecule has 20 heavy (non-hydrogen) atoms. The van der Waals surface area contributed by atoms with Gasteiger partial charge in [-0.25, -0.2) is 0 Å². The maximum Gasteiger partial charge on any atom is 0.252 e. The number of hydrogen-bond acceptors (Lipinski definition) is 2. The summed E-state index contributed by atoms with van der Waals surface area (Å²) in [5, 5.41) is 3.00. The second kappa shape index (κ2) is 6.35. The van der Waals surface area contributed by atoms with E-state index in [1.165, 1.54) is 0 Å². The van der Waals surface area contributed by atoms with Gasteiger partial charge < -0.3 is 11.1 Å². The van der Waals surface area contributed by atoms with Gasteiger partial charge in [0.25, 0.3) is 5.91 Å². The highest BCUT2D eigenvalue weighted by Crippen LogP contribution is 2.15. The summed E-state index contributed by atoms with van der Waals surface area (Å²) in [6.45, 7) is 4.34. The third-order valence-corrected chi connectivity index (χ3v) is 3.37. The summed E-state index contributed by atoms with van der Waals surface area (Å²) in [7, 11) is 0. The van der Waals surface area contributed by atoms with E-state index in [0.717, 1.165) is 16.7 Å². The highest BCUT2D eigenvalue weighted by atomic mass is 16.1. The maximum atomic E-state index is 12.4. The number of amides is 1. The van der Waals surface area contributed by atoms with Crippen molar-refractivity contribution in [3.05, 3.63) is 70.8 Å². The molecular weight excluding hydrogens is 248 g/mol. The molecule has 2 aromatic carbocycles. The van der Waals surface area contributed by atoms with Crippen LogP contribution in [0.25, 0.3) is 0 Å². The summed E-state index contributed by atoms with van der Waals surface area (Å²) in [5.74, 6) is -0.0817. The quantitative estimate of drug-likeness (QED) is 0.895. The van der Waals surface area contributed by atoms with Crippen molar-refractivity contribution in [1.29, 1.82) is 0 Å². The van der Waals surface area contributed by atoms with Crippen LogP contribution in [-0.2, 0) is 0 Å². The monoisotopic (exact) mass is 268 g/mol. The summed E-state index contributed by atoms with van der Waals surface area (Å²) in [5.41, 5.74) is 9.63. The highest BCUT2D eigenvalue weighted by Gasteiger charge is 2.15. The molecule has 3 heteroatoms. The molecule has 1 unspecified atom stereocenters. The third-order valence-electron chi connectivity index (χ3n) is 3.37. The minimum atomic E-state index is -0.163. The summed E-state index contributed by atoms with van der Waals surface area (Å²) in [6, 6.07) is 15.4. The Hall–Kier alpha value is -2.13. The first-order chi connectivity index (χ1) is 9.61. The molecule has 104 valence electrons. The average Bonchev–Trinajstić information content (AvgIpc) is 2.45. The molecule has 0 radical (unpaired) electrons. The predicted molar refractivity (Wildman–Crippen MR) is 81.6 cm³/mol. The summed E-state index contributed by atoms with van der Waals surface area (Å²) in [4.78, 5) is 12.4. The number of hydrogen-bond donors (Lipinski definition) is 2. The third kappa shape index (κ3) is 3.25. The zero-order chi connectivity index (χ0) is 14.5. The van der Waals surface area contributed by atoms with Crippen molar-refractivity contribution in [3.63, 3.8) is 0 Å². The second-order valence-electron chi connectivity index (χ2n) is 4.99. The van der Waals surface area contributed by atoms with Gasteiger partial charge in [0.05, 0.1) is 6.04 Å². The molecule has 0 saturated heterocycles. The molecule has 0 aromatic heterocycles. The molecule has 0 spiro atoms. The largest absolute Gasteiger partial charge is 0.344 e. The standard InChI is InChI=1S/C17H20N2O/c1-12-8-9-15(13(2)10-12)17(20)19-16(11-18)14-6-4-3-5-7-14/h3-10,16H,11,18H2,1-2H3,(H,19,20). The Morgan fingerprint density at radius 2 is 1.85 bits per heavy atom. The van der Waals surface area contributed by atoms with E-state index in [1.807, 2.05) is 62.4 Å². The lowest BCUT2D eigenvalue weighted by molar-refractivity contribution is 0.0937. The van der Waals surface area contributed by atoms with Gasteiger partial charge in [-0.15, -0.1) is 0 Å². The number of nitrogens with two attached hydrogens (primary N) is 1. The van der Waals surface area contributed by atoms with E-state index >= 15 is 0 Å². The predicted octanol–water partition coefficient (Wildman–Crippen LogP) is 2.73. The molecule has 0 heterocycles. The molecule has 1 amide bonds. The average molecular weight is 268 g/mol. The Morgan fingerprint density at radius 3 is 2.45 bits per heavy atom. The van der Waals surface area contributed by atoms with E-state index in [4.69, 9.17) is 5.73 Å².